The number of rotatable bonds is 6. The van der Waals surface area contributed by atoms with Gasteiger partial charge in [-0.15, -0.1) is 0 Å². The molecule has 2 aromatic rings. The van der Waals surface area contributed by atoms with Crippen LogP contribution in [0.25, 0.3) is 0 Å². The van der Waals surface area contributed by atoms with E-state index in [1.54, 1.807) is 30.7 Å². The molecule has 2 heterocycles. The van der Waals surface area contributed by atoms with Crippen molar-refractivity contribution in [3.8, 4) is 5.88 Å². The number of urea groups is 1. The van der Waals surface area contributed by atoms with Gasteiger partial charge in [0.25, 0.3) is 0 Å². The molecule has 6 heteroatoms. The number of hydrogen-bond donors (Lipinski definition) is 2. The maximum atomic E-state index is 11.7. The fourth-order valence-electron chi connectivity index (χ4n) is 1.73. The minimum atomic E-state index is -0.255. The Hall–Kier alpha value is -2.63. The summed E-state index contributed by atoms with van der Waals surface area (Å²) in [5.74, 6) is 0.543. The molecule has 0 saturated heterocycles. The number of anilines is 1. The zero-order valence-electron chi connectivity index (χ0n) is 11.9. The third kappa shape index (κ3) is 5.10. The van der Waals surface area contributed by atoms with E-state index in [4.69, 9.17) is 4.74 Å². The Bertz CT molecular complexity index is 558. The van der Waals surface area contributed by atoms with Crippen LogP contribution < -0.4 is 15.4 Å². The van der Waals surface area contributed by atoms with E-state index in [1.165, 1.54) is 0 Å². The van der Waals surface area contributed by atoms with Gasteiger partial charge in [-0.25, -0.2) is 9.78 Å². The molecule has 6 nitrogen and oxygen atoms in total. The van der Waals surface area contributed by atoms with Gasteiger partial charge in [-0.3, -0.25) is 4.98 Å². The number of nitrogens with one attached hydrogen (secondary N) is 2. The Kier molecular flexibility index (Phi) is 5.51. The van der Waals surface area contributed by atoms with Crippen molar-refractivity contribution in [1.29, 1.82) is 0 Å². The van der Waals surface area contributed by atoms with Gasteiger partial charge in [0.15, 0.2) is 0 Å². The van der Waals surface area contributed by atoms with Crippen LogP contribution in [0.5, 0.6) is 5.88 Å². The first-order chi connectivity index (χ1) is 10.3. The number of amides is 2. The number of ether oxygens (including phenoxy) is 1. The standard InChI is InChI=1S/C15H18N4O2/c1-2-21-14-4-3-13(11-18-14)19-15(20)17-10-7-12-5-8-16-9-6-12/h3-6,8-9,11H,2,7,10H2,1H3,(H2,17,19,20). The van der Waals surface area contributed by atoms with Crippen molar-refractivity contribution < 1.29 is 9.53 Å². The lowest BCUT2D eigenvalue weighted by molar-refractivity contribution is 0.252. The highest BCUT2D eigenvalue weighted by molar-refractivity contribution is 5.88. The zero-order chi connectivity index (χ0) is 14.9. The number of pyridine rings is 2. The molecule has 2 N–H and O–H groups in total. The summed E-state index contributed by atoms with van der Waals surface area (Å²) in [5.41, 5.74) is 1.76. The smallest absolute Gasteiger partial charge is 0.319 e. The van der Waals surface area contributed by atoms with Crippen LogP contribution in [0, 0.1) is 0 Å². The topological polar surface area (TPSA) is 76.1 Å². The van der Waals surface area contributed by atoms with E-state index in [1.807, 2.05) is 19.1 Å². The largest absolute Gasteiger partial charge is 0.478 e. The van der Waals surface area contributed by atoms with Crippen molar-refractivity contribution in [3.05, 3.63) is 48.4 Å². The normalized spacial score (nSPS) is 9.95. The molecule has 0 saturated carbocycles. The van der Waals surface area contributed by atoms with Crippen molar-refractivity contribution in [2.45, 2.75) is 13.3 Å². The van der Waals surface area contributed by atoms with Gasteiger partial charge in [-0.05, 0) is 37.1 Å². The van der Waals surface area contributed by atoms with E-state index in [0.29, 0.717) is 24.7 Å². The SMILES string of the molecule is CCOc1ccc(NC(=O)NCCc2ccncc2)cn1. The van der Waals surface area contributed by atoms with Crippen LogP contribution in [0.4, 0.5) is 10.5 Å². The third-order valence-electron chi connectivity index (χ3n) is 2.74. The molecule has 0 radical (unpaired) electrons. The van der Waals surface area contributed by atoms with Gasteiger partial charge in [-0.1, -0.05) is 0 Å². The molecule has 0 unspecified atom stereocenters. The summed E-state index contributed by atoms with van der Waals surface area (Å²) in [6, 6.07) is 7.07. The number of aromatic nitrogens is 2. The van der Waals surface area contributed by atoms with E-state index in [-0.39, 0.29) is 6.03 Å². The van der Waals surface area contributed by atoms with Gasteiger partial charge < -0.3 is 15.4 Å². The molecule has 2 amide bonds. The Morgan fingerprint density at radius 2 is 2.05 bits per heavy atom. The summed E-state index contributed by atoms with van der Waals surface area (Å²) in [4.78, 5) is 19.7. The first-order valence-electron chi connectivity index (χ1n) is 6.80. The van der Waals surface area contributed by atoms with E-state index < -0.39 is 0 Å². The number of hydrogen-bond acceptors (Lipinski definition) is 4. The molecule has 0 fully saturated rings. The van der Waals surface area contributed by atoms with Gasteiger partial charge in [0, 0.05) is 25.0 Å². The molecule has 0 aliphatic rings. The molecule has 0 aromatic carbocycles. The fourth-order valence-corrected chi connectivity index (χ4v) is 1.73. The monoisotopic (exact) mass is 286 g/mol. The zero-order valence-corrected chi connectivity index (χ0v) is 11.9. The van der Waals surface area contributed by atoms with Crippen LogP contribution in [-0.2, 0) is 6.42 Å². The highest BCUT2D eigenvalue weighted by Crippen LogP contribution is 2.11. The Morgan fingerprint density at radius 3 is 2.71 bits per heavy atom. The van der Waals surface area contributed by atoms with Crippen molar-refractivity contribution in [1.82, 2.24) is 15.3 Å². The fraction of sp³-hybridized carbons (Fsp3) is 0.267. The molecule has 2 aromatic heterocycles. The molecular weight excluding hydrogens is 268 g/mol. The Labute approximate surface area is 123 Å². The molecule has 0 atom stereocenters. The Morgan fingerprint density at radius 1 is 1.24 bits per heavy atom. The van der Waals surface area contributed by atoms with Crippen LogP contribution >= 0.6 is 0 Å². The molecule has 0 bridgehead atoms. The average molecular weight is 286 g/mol. The predicted octanol–water partition coefficient (Wildman–Crippen LogP) is 2.24. The molecule has 0 aliphatic carbocycles. The molecule has 0 spiro atoms. The van der Waals surface area contributed by atoms with Crippen LogP contribution in [0.2, 0.25) is 0 Å². The maximum Gasteiger partial charge on any atom is 0.319 e. The molecular formula is C15H18N4O2. The molecule has 21 heavy (non-hydrogen) atoms. The lowest BCUT2D eigenvalue weighted by Crippen LogP contribution is -2.30. The second kappa shape index (κ2) is 7.84. The first kappa shape index (κ1) is 14.8. The summed E-state index contributed by atoms with van der Waals surface area (Å²) in [7, 11) is 0. The average Bonchev–Trinajstić information content (AvgIpc) is 2.51. The quantitative estimate of drug-likeness (QED) is 0.854. The summed E-state index contributed by atoms with van der Waals surface area (Å²) in [6.07, 6.45) is 5.80. The highest BCUT2D eigenvalue weighted by atomic mass is 16.5. The van der Waals surface area contributed by atoms with E-state index in [9.17, 15) is 4.79 Å². The minimum Gasteiger partial charge on any atom is -0.478 e. The minimum absolute atomic E-state index is 0.255. The first-order valence-corrected chi connectivity index (χ1v) is 6.80. The number of carbonyl (C=O) groups is 1. The van der Waals surface area contributed by atoms with E-state index >= 15 is 0 Å². The Balaban J connectivity index is 1.74. The van der Waals surface area contributed by atoms with Crippen molar-refractivity contribution >= 4 is 11.7 Å². The predicted molar refractivity (Wildman–Crippen MR) is 80.4 cm³/mol. The van der Waals surface area contributed by atoms with Crippen molar-refractivity contribution in [3.63, 3.8) is 0 Å². The third-order valence-corrected chi connectivity index (χ3v) is 2.74. The van der Waals surface area contributed by atoms with Gasteiger partial charge in [0.05, 0.1) is 18.5 Å². The van der Waals surface area contributed by atoms with Crippen molar-refractivity contribution in [2.24, 2.45) is 0 Å². The number of nitrogens with zero attached hydrogens (tertiary/aromatic N) is 2. The maximum absolute atomic E-state index is 11.7. The van der Waals surface area contributed by atoms with E-state index in [2.05, 4.69) is 20.6 Å². The summed E-state index contributed by atoms with van der Waals surface area (Å²) < 4.78 is 5.24. The van der Waals surface area contributed by atoms with Crippen LogP contribution in [-0.4, -0.2) is 29.2 Å². The number of carbonyl (C=O) groups excluding carboxylic acids is 1. The second-order valence-electron chi connectivity index (χ2n) is 4.30. The van der Waals surface area contributed by atoms with Crippen LogP contribution in [0.15, 0.2) is 42.9 Å². The van der Waals surface area contributed by atoms with Gasteiger partial charge in [0.1, 0.15) is 0 Å². The lowest BCUT2D eigenvalue weighted by atomic mass is 10.2. The van der Waals surface area contributed by atoms with Crippen LogP contribution in [0.1, 0.15) is 12.5 Å². The van der Waals surface area contributed by atoms with Gasteiger partial charge in [0.2, 0.25) is 5.88 Å². The van der Waals surface area contributed by atoms with E-state index in [0.717, 1.165) is 12.0 Å². The van der Waals surface area contributed by atoms with Crippen LogP contribution in [0.3, 0.4) is 0 Å². The second-order valence-corrected chi connectivity index (χ2v) is 4.30. The van der Waals surface area contributed by atoms with Gasteiger partial charge >= 0.3 is 6.03 Å². The molecule has 0 aliphatic heterocycles. The molecule has 2 rings (SSSR count). The lowest BCUT2D eigenvalue weighted by Gasteiger charge is -2.08. The summed E-state index contributed by atoms with van der Waals surface area (Å²) >= 11 is 0. The summed E-state index contributed by atoms with van der Waals surface area (Å²) in [6.45, 7) is 3.01. The molecule has 110 valence electrons. The van der Waals surface area contributed by atoms with Gasteiger partial charge in [-0.2, -0.15) is 0 Å². The highest BCUT2D eigenvalue weighted by Gasteiger charge is 2.02. The summed E-state index contributed by atoms with van der Waals surface area (Å²) in [5, 5.41) is 5.51. The van der Waals surface area contributed by atoms with Crippen molar-refractivity contribution in [2.75, 3.05) is 18.5 Å².